The minimum absolute atomic E-state index is 0.149. The number of hydrogen-bond donors (Lipinski definition) is 0. The van der Waals surface area contributed by atoms with E-state index in [4.69, 9.17) is 14.2 Å². The first-order valence-electron chi connectivity index (χ1n) is 18.9. The van der Waals surface area contributed by atoms with Gasteiger partial charge in [0.05, 0.1) is 17.7 Å². The van der Waals surface area contributed by atoms with Crippen LogP contribution in [0.15, 0.2) is 83.4 Å². The largest absolute Gasteiger partial charge is 0.494 e. The zero-order valence-electron chi connectivity index (χ0n) is 30.3. The van der Waals surface area contributed by atoms with E-state index in [1.807, 2.05) is 48.5 Å². The van der Waals surface area contributed by atoms with Crippen molar-refractivity contribution < 1.29 is 23.8 Å². The molecule has 0 spiro atoms. The normalized spacial score (nSPS) is 11.3. The first kappa shape index (κ1) is 40.8. The lowest BCUT2D eigenvalue weighted by Gasteiger charge is -2.07. The van der Waals surface area contributed by atoms with Gasteiger partial charge in [0.2, 0.25) is 0 Å². The van der Waals surface area contributed by atoms with Crippen molar-refractivity contribution in [3.8, 4) is 17.2 Å². The van der Waals surface area contributed by atoms with Gasteiger partial charge in [0, 0.05) is 11.6 Å². The second-order valence-corrected chi connectivity index (χ2v) is 13.7. The number of hydrogen-bond acceptors (Lipinski definition) is 5. The van der Waals surface area contributed by atoms with Gasteiger partial charge >= 0.3 is 5.97 Å². The maximum absolute atomic E-state index is 12.8. The van der Waals surface area contributed by atoms with Crippen molar-refractivity contribution in [2.75, 3.05) is 13.2 Å². The molecule has 50 heavy (non-hydrogen) atoms. The molecule has 3 aromatic rings. The Morgan fingerprint density at radius 2 is 1.00 bits per heavy atom. The number of ketones is 1. The van der Waals surface area contributed by atoms with Crippen LogP contribution in [0.5, 0.6) is 17.2 Å². The zero-order chi connectivity index (χ0) is 35.7. The van der Waals surface area contributed by atoms with Crippen LogP contribution in [0, 0.1) is 0 Å². The summed E-state index contributed by atoms with van der Waals surface area (Å²) < 4.78 is 17.8. The molecule has 0 saturated carbocycles. The monoisotopic (exact) mass is 744 g/mol. The molecule has 0 saturated heterocycles. The second-order valence-electron chi connectivity index (χ2n) is 12.9. The molecule has 270 valence electrons. The average molecular weight is 746 g/mol. The number of halogens is 1. The number of carbonyl (C=O) groups is 2. The fraction of sp³-hybridized carbons (Fsp3) is 0.455. The summed E-state index contributed by atoms with van der Waals surface area (Å²) in [7, 11) is 0. The third kappa shape index (κ3) is 17.3. The molecular weight excluding hydrogens is 688 g/mol. The van der Waals surface area contributed by atoms with Crippen LogP contribution in [0.1, 0.15) is 138 Å². The third-order valence-electron chi connectivity index (χ3n) is 8.56. The van der Waals surface area contributed by atoms with Crippen LogP contribution in [0.3, 0.4) is 0 Å². The minimum Gasteiger partial charge on any atom is -0.494 e. The molecule has 6 heteroatoms. The highest BCUT2D eigenvalue weighted by Crippen LogP contribution is 2.27. The van der Waals surface area contributed by atoms with E-state index in [2.05, 4.69) is 29.8 Å². The molecule has 0 bridgehead atoms. The van der Waals surface area contributed by atoms with Gasteiger partial charge < -0.3 is 14.2 Å². The number of ether oxygens (including phenoxy) is 3. The molecule has 0 aliphatic rings. The van der Waals surface area contributed by atoms with Gasteiger partial charge in [-0.3, -0.25) is 4.79 Å². The summed E-state index contributed by atoms with van der Waals surface area (Å²) in [5.41, 5.74) is 2.27. The highest BCUT2D eigenvalue weighted by Gasteiger charge is 2.10. The Kier molecular flexibility index (Phi) is 20.7. The lowest BCUT2D eigenvalue weighted by atomic mass is 10.1. The van der Waals surface area contributed by atoms with E-state index in [1.54, 1.807) is 36.4 Å². The number of allylic oxidation sites excluding steroid dienone is 1. The number of unbranched alkanes of at least 4 members (excludes halogenated alkanes) is 14. The number of carbonyl (C=O) groups excluding carboxylic acids is 2. The average Bonchev–Trinajstić information content (AvgIpc) is 3.13. The van der Waals surface area contributed by atoms with Crippen molar-refractivity contribution in [2.45, 2.75) is 117 Å². The molecule has 0 aliphatic heterocycles. The van der Waals surface area contributed by atoms with Crippen LogP contribution in [0.25, 0.3) is 12.2 Å². The van der Waals surface area contributed by atoms with Gasteiger partial charge in [-0.2, -0.15) is 0 Å². The standard InChI is InChI=1S/C44H57BrO5/c1-3-5-7-9-11-12-13-14-16-18-34-49-39-26-19-36(20-27-39)23-30-42(46)38-25-31-43(41(45)35-38)50-44(47)32-24-37-21-28-40(29-22-37)48-33-17-15-10-8-6-4-2/h19-32,35H,3-18,33-34H2,1-2H3/b30-23+,32-24+. The first-order valence-corrected chi connectivity index (χ1v) is 19.7. The lowest BCUT2D eigenvalue weighted by Crippen LogP contribution is -2.05. The van der Waals surface area contributed by atoms with Crippen molar-refractivity contribution in [2.24, 2.45) is 0 Å². The molecule has 0 aliphatic carbocycles. The van der Waals surface area contributed by atoms with Crippen molar-refractivity contribution in [3.63, 3.8) is 0 Å². The van der Waals surface area contributed by atoms with Gasteiger partial charge in [-0.25, -0.2) is 4.79 Å². The molecule has 0 fully saturated rings. The van der Waals surface area contributed by atoms with Gasteiger partial charge in [0.1, 0.15) is 17.2 Å². The van der Waals surface area contributed by atoms with Gasteiger partial charge in [0.15, 0.2) is 5.78 Å². The highest BCUT2D eigenvalue weighted by atomic mass is 79.9. The van der Waals surface area contributed by atoms with Crippen LogP contribution >= 0.6 is 15.9 Å². The highest BCUT2D eigenvalue weighted by molar-refractivity contribution is 9.10. The summed E-state index contributed by atoms with van der Waals surface area (Å²) in [6, 6.07) is 20.3. The van der Waals surface area contributed by atoms with E-state index in [0.29, 0.717) is 22.4 Å². The van der Waals surface area contributed by atoms with E-state index in [0.717, 1.165) is 42.1 Å². The molecule has 0 amide bonds. The molecule has 0 N–H and O–H groups in total. The Balaban J connectivity index is 1.35. The fourth-order valence-corrected chi connectivity index (χ4v) is 5.97. The van der Waals surface area contributed by atoms with E-state index >= 15 is 0 Å². The summed E-state index contributed by atoms with van der Waals surface area (Å²) in [4.78, 5) is 25.3. The second kappa shape index (κ2) is 25.3. The molecule has 0 aromatic heterocycles. The lowest BCUT2D eigenvalue weighted by molar-refractivity contribution is -0.128. The SMILES string of the molecule is CCCCCCCCCCCCOc1ccc(/C=C/C(=O)c2ccc(OC(=O)/C=C/c3ccc(OCCCCCCCC)cc3)c(Br)c2)cc1. The molecule has 3 rings (SSSR count). The number of rotatable bonds is 26. The minimum atomic E-state index is -0.510. The van der Waals surface area contributed by atoms with Crippen molar-refractivity contribution in [1.82, 2.24) is 0 Å². The molecule has 0 radical (unpaired) electrons. The molecule has 0 unspecified atom stereocenters. The Morgan fingerprint density at radius 3 is 1.46 bits per heavy atom. The predicted molar refractivity (Wildman–Crippen MR) is 211 cm³/mol. The van der Waals surface area contributed by atoms with E-state index in [1.165, 1.54) is 96.0 Å². The summed E-state index contributed by atoms with van der Waals surface area (Å²) in [5.74, 6) is 1.35. The quantitative estimate of drug-likeness (QED) is 0.0269. The Labute approximate surface area is 309 Å². The van der Waals surface area contributed by atoms with Gasteiger partial charge in [-0.15, -0.1) is 0 Å². The Hall–Kier alpha value is -3.64. The molecular formula is C44H57BrO5. The van der Waals surface area contributed by atoms with E-state index in [9.17, 15) is 9.59 Å². The van der Waals surface area contributed by atoms with Crippen molar-refractivity contribution >= 4 is 39.8 Å². The van der Waals surface area contributed by atoms with Gasteiger partial charge in [-0.1, -0.05) is 134 Å². The topological polar surface area (TPSA) is 61.8 Å². The smallest absolute Gasteiger partial charge is 0.336 e. The number of esters is 1. The van der Waals surface area contributed by atoms with Crippen LogP contribution in [-0.4, -0.2) is 25.0 Å². The summed E-state index contributed by atoms with van der Waals surface area (Å²) in [6.07, 6.45) is 26.8. The van der Waals surface area contributed by atoms with Crippen LogP contribution < -0.4 is 14.2 Å². The first-order chi connectivity index (χ1) is 24.5. The molecule has 3 aromatic carbocycles. The summed E-state index contributed by atoms with van der Waals surface area (Å²) in [5, 5.41) is 0. The zero-order valence-corrected chi connectivity index (χ0v) is 31.9. The van der Waals surface area contributed by atoms with E-state index < -0.39 is 5.97 Å². The Bertz CT molecular complexity index is 1440. The maximum Gasteiger partial charge on any atom is 0.336 e. The maximum atomic E-state index is 12.8. The Morgan fingerprint density at radius 1 is 0.560 bits per heavy atom. The summed E-state index contributed by atoms with van der Waals surface area (Å²) >= 11 is 3.44. The molecule has 0 heterocycles. The predicted octanol–water partition coefficient (Wildman–Crippen LogP) is 13.0. The van der Waals surface area contributed by atoms with Crippen molar-refractivity contribution in [1.29, 1.82) is 0 Å². The fourth-order valence-electron chi connectivity index (χ4n) is 5.51. The van der Waals surface area contributed by atoms with E-state index in [-0.39, 0.29) is 5.78 Å². The van der Waals surface area contributed by atoms with Crippen molar-refractivity contribution in [3.05, 3.63) is 100 Å². The third-order valence-corrected chi connectivity index (χ3v) is 9.18. The van der Waals surface area contributed by atoms with Gasteiger partial charge in [-0.05, 0) is 94.5 Å². The van der Waals surface area contributed by atoms with Crippen LogP contribution in [0.2, 0.25) is 0 Å². The molecule has 5 nitrogen and oxygen atoms in total. The summed E-state index contributed by atoms with van der Waals surface area (Å²) in [6.45, 7) is 5.93. The van der Waals surface area contributed by atoms with Crippen LogP contribution in [-0.2, 0) is 4.79 Å². The molecule has 0 atom stereocenters. The number of benzene rings is 3. The van der Waals surface area contributed by atoms with Gasteiger partial charge in [0.25, 0.3) is 0 Å². The van der Waals surface area contributed by atoms with Crippen LogP contribution in [0.4, 0.5) is 0 Å².